The second kappa shape index (κ2) is 7.77. The molecule has 0 aliphatic rings. The van der Waals surface area contributed by atoms with Gasteiger partial charge >= 0.3 is 0 Å². The zero-order valence-corrected chi connectivity index (χ0v) is 11.2. The van der Waals surface area contributed by atoms with Crippen LogP contribution < -0.4 is 5.32 Å². The Kier molecular flexibility index (Phi) is 5.43. The van der Waals surface area contributed by atoms with Crippen molar-refractivity contribution in [3.05, 3.63) is 41.8 Å². The standard InChI is InChI=1S/C14H14N4O3/c19-8-2-1-3-11-9-15-6-4-12(11)14(20)16-7-5-13-17-10-18-21-13/h4,6,9-10,19H,2,5,7-8H2,(H,16,20). The maximum absolute atomic E-state index is 12.1. The molecule has 0 spiro atoms. The maximum atomic E-state index is 12.1. The van der Waals surface area contributed by atoms with Crippen LogP contribution in [0.1, 0.15) is 28.2 Å². The fourth-order valence-corrected chi connectivity index (χ4v) is 1.59. The summed E-state index contributed by atoms with van der Waals surface area (Å²) in [5.74, 6) is 5.82. The van der Waals surface area contributed by atoms with Crippen LogP contribution in [0.15, 0.2) is 29.3 Å². The predicted molar refractivity (Wildman–Crippen MR) is 73.2 cm³/mol. The average Bonchev–Trinajstić information content (AvgIpc) is 3.01. The van der Waals surface area contributed by atoms with Crippen LogP contribution >= 0.6 is 0 Å². The van der Waals surface area contributed by atoms with Crippen LogP contribution in [0.4, 0.5) is 0 Å². The summed E-state index contributed by atoms with van der Waals surface area (Å²) in [5, 5.41) is 15.0. The number of amides is 1. The van der Waals surface area contributed by atoms with Gasteiger partial charge in [0.15, 0.2) is 6.33 Å². The van der Waals surface area contributed by atoms with Gasteiger partial charge in [-0.25, -0.2) is 0 Å². The van der Waals surface area contributed by atoms with Gasteiger partial charge in [0, 0.05) is 31.8 Å². The highest BCUT2D eigenvalue weighted by atomic mass is 16.5. The van der Waals surface area contributed by atoms with Crippen molar-refractivity contribution in [1.82, 2.24) is 20.4 Å². The van der Waals surface area contributed by atoms with Crippen molar-refractivity contribution in [2.75, 3.05) is 13.2 Å². The Morgan fingerprint density at radius 2 is 2.38 bits per heavy atom. The summed E-state index contributed by atoms with van der Waals surface area (Å²) in [6.07, 6.45) is 5.19. The van der Waals surface area contributed by atoms with Crippen molar-refractivity contribution >= 4 is 5.91 Å². The van der Waals surface area contributed by atoms with E-state index in [1.807, 2.05) is 0 Å². The van der Waals surface area contributed by atoms with Gasteiger partial charge in [-0.1, -0.05) is 17.0 Å². The van der Waals surface area contributed by atoms with Crippen LogP contribution in [0, 0.1) is 11.8 Å². The lowest BCUT2D eigenvalue weighted by molar-refractivity contribution is 0.0953. The minimum atomic E-state index is -0.245. The van der Waals surface area contributed by atoms with Gasteiger partial charge in [0.2, 0.25) is 5.89 Å². The molecule has 2 heterocycles. The fourth-order valence-electron chi connectivity index (χ4n) is 1.59. The zero-order valence-electron chi connectivity index (χ0n) is 11.2. The number of hydrogen-bond acceptors (Lipinski definition) is 6. The third-order valence-electron chi connectivity index (χ3n) is 2.56. The van der Waals surface area contributed by atoms with E-state index >= 15 is 0 Å². The molecule has 0 bridgehead atoms. The first-order chi connectivity index (χ1) is 10.3. The highest BCUT2D eigenvalue weighted by molar-refractivity contribution is 5.96. The van der Waals surface area contributed by atoms with Gasteiger partial charge in [0.25, 0.3) is 5.91 Å². The number of carbonyl (C=O) groups excluding carboxylic acids is 1. The van der Waals surface area contributed by atoms with Crippen LogP contribution in [0.2, 0.25) is 0 Å². The molecule has 7 nitrogen and oxygen atoms in total. The number of aromatic nitrogens is 3. The Morgan fingerprint density at radius 3 is 3.14 bits per heavy atom. The van der Waals surface area contributed by atoms with Crippen LogP contribution in [0.25, 0.3) is 0 Å². The summed E-state index contributed by atoms with van der Waals surface area (Å²) in [6, 6.07) is 1.60. The van der Waals surface area contributed by atoms with Crippen LogP contribution in [0.5, 0.6) is 0 Å². The van der Waals surface area contributed by atoms with E-state index in [0.717, 1.165) is 0 Å². The van der Waals surface area contributed by atoms with Crippen molar-refractivity contribution in [3.8, 4) is 11.8 Å². The molecule has 7 heteroatoms. The third kappa shape index (κ3) is 4.40. The fraction of sp³-hybridized carbons (Fsp3) is 0.286. The Morgan fingerprint density at radius 1 is 1.48 bits per heavy atom. The summed E-state index contributed by atoms with van der Waals surface area (Å²) >= 11 is 0. The van der Waals surface area contributed by atoms with Crippen molar-refractivity contribution in [2.24, 2.45) is 0 Å². The molecule has 0 unspecified atom stereocenters. The van der Waals surface area contributed by atoms with E-state index in [1.54, 1.807) is 6.07 Å². The molecular formula is C14H14N4O3. The van der Waals surface area contributed by atoms with Gasteiger partial charge in [-0.3, -0.25) is 9.78 Å². The molecule has 0 atom stereocenters. The van der Waals surface area contributed by atoms with E-state index in [9.17, 15) is 4.79 Å². The van der Waals surface area contributed by atoms with Crippen molar-refractivity contribution < 1.29 is 14.4 Å². The van der Waals surface area contributed by atoms with Gasteiger partial charge in [-0.2, -0.15) is 4.98 Å². The largest absolute Gasteiger partial charge is 0.395 e. The van der Waals surface area contributed by atoms with Crippen LogP contribution in [-0.4, -0.2) is 39.3 Å². The molecule has 0 saturated heterocycles. The first kappa shape index (κ1) is 14.7. The molecule has 0 aromatic carbocycles. The lowest BCUT2D eigenvalue weighted by atomic mass is 10.1. The molecule has 1 amide bonds. The number of nitrogens with one attached hydrogen (secondary N) is 1. The number of carbonyl (C=O) groups is 1. The van der Waals surface area contributed by atoms with E-state index < -0.39 is 0 Å². The molecule has 2 aromatic rings. The predicted octanol–water partition coefficient (Wildman–Crippen LogP) is 0.171. The van der Waals surface area contributed by atoms with Crippen molar-refractivity contribution in [1.29, 1.82) is 0 Å². The number of hydrogen-bond donors (Lipinski definition) is 2. The van der Waals surface area contributed by atoms with Gasteiger partial charge in [-0.05, 0) is 6.07 Å². The van der Waals surface area contributed by atoms with Crippen LogP contribution in [-0.2, 0) is 6.42 Å². The van der Waals surface area contributed by atoms with E-state index in [0.29, 0.717) is 36.4 Å². The number of aliphatic hydroxyl groups excluding tert-OH is 1. The van der Waals surface area contributed by atoms with E-state index in [4.69, 9.17) is 9.63 Å². The Balaban J connectivity index is 1.97. The number of pyridine rings is 1. The monoisotopic (exact) mass is 286 g/mol. The summed E-state index contributed by atoms with van der Waals surface area (Å²) in [5.41, 5.74) is 0.974. The lowest BCUT2D eigenvalue weighted by Gasteiger charge is -2.05. The van der Waals surface area contributed by atoms with Crippen molar-refractivity contribution in [2.45, 2.75) is 12.8 Å². The molecule has 0 aliphatic heterocycles. The summed E-state index contributed by atoms with van der Waals surface area (Å²) in [4.78, 5) is 19.9. The first-order valence-electron chi connectivity index (χ1n) is 6.38. The normalized spacial score (nSPS) is 9.76. The van der Waals surface area contributed by atoms with Gasteiger partial charge in [0.1, 0.15) is 0 Å². The minimum Gasteiger partial charge on any atom is -0.395 e. The SMILES string of the molecule is O=C(NCCc1ncno1)c1ccncc1C#CCCO. The number of nitrogens with zero attached hydrogens (tertiary/aromatic N) is 3. The molecular weight excluding hydrogens is 272 g/mol. The average molecular weight is 286 g/mol. The first-order valence-corrected chi connectivity index (χ1v) is 6.38. The van der Waals surface area contributed by atoms with E-state index in [-0.39, 0.29) is 12.5 Å². The summed E-state index contributed by atoms with van der Waals surface area (Å²) < 4.78 is 4.84. The quantitative estimate of drug-likeness (QED) is 0.760. The second-order valence-electron chi connectivity index (χ2n) is 4.04. The topological polar surface area (TPSA) is 101 Å². The van der Waals surface area contributed by atoms with Gasteiger partial charge < -0.3 is 14.9 Å². The highest BCUT2D eigenvalue weighted by Crippen LogP contribution is 2.05. The molecule has 2 N–H and O–H groups in total. The van der Waals surface area contributed by atoms with E-state index in [1.165, 1.54) is 18.7 Å². The molecule has 0 aliphatic carbocycles. The number of aliphatic hydroxyl groups is 1. The molecule has 2 rings (SSSR count). The molecule has 0 saturated carbocycles. The highest BCUT2D eigenvalue weighted by Gasteiger charge is 2.10. The third-order valence-corrected chi connectivity index (χ3v) is 2.56. The summed E-state index contributed by atoms with van der Waals surface area (Å²) in [7, 11) is 0. The lowest BCUT2D eigenvalue weighted by Crippen LogP contribution is -2.26. The molecule has 0 fully saturated rings. The zero-order chi connectivity index (χ0) is 14.9. The van der Waals surface area contributed by atoms with Crippen LogP contribution in [0.3, 0.4) is 0 Å². The maximum Gasteiger partial charge on any atom is 0.252 e. The number of rotatable bonds is 5. The molecule has 21 heavy (non-hydrogen) atoms. The summed E-state index contributed by atoms with van der Waals surface area (Å²) in [6.45, 7) is 0.367. The Labute approximate surface area is 121 Å². The molecule has 108 valence electrons. The molecule has 0 radical (unpaired) electrons. The van der Waals surface area contributed by atoms with Crippen molar-refractivity contribution in [3.63, 3.8) is 0 Å². The smallest absolute Gasteiger partial charge is 0.252 e. The van der Waals surface area contributed by atoms with Gasteiger partial charge in [0.05, 0.1) is 17.7 Å². The van der Waals surface area contributed by atoms with E-state index in [2.05, 4.69) is 32.3 Å². The Hall–Kier alpha value is -2.72. The second-order valence-corrected chi connectivity index (χ2v) is 4.04. The minimum absolute atomic E-state index is 0.0149. The Bertz CT molecular complexity index is 644. The van der Waals surface area contributed by atoms with Gasteiger partial charge in [-0.15, -0.1) is 0 Å². The molecule has 2 aromatic heterocycles.